The fraction of sp³-hybridized carbons (Fsp3) is 0.431. The molecule has 4 aromatic rings. The molecule has 436 valence electrons. The van der Waals surface area contributed by atoms with Crippen LogP contribution in [0.4, 0.5) is 5.69 Å². The Labute approximate surface area is 470 Å². The van der Waals surface area contributed by atoms with Crippen LogP contribution in [0.15, 0.2) is 95.1 Å². The van der Waals surface area contributed by atoms with Gasteiger partial charge in [-0.2, -0.15) is 10.2 Å². The lowest BCUT2D eigenvalue weighted by molar-refractivity contribution is -0.160. The monoisotopic (exact) mass is 1120 g/mol. The van der Waals surface area contributed by atoms with Crippen molar-refractivity contribution >= 4 is 52.1 Å². The molecule has 4 aliphatic rings. The summed E-state index contributed by atoms with van der Waals surface area (Å²) in [5.74, 6) is -7.20. The van der Waals surface area contributed by atoms with Crippen LogP contribution >= 0.6 is 0 Å². The average Bonchev–Trinajstić information content (AvgIpc) is 4.03. The summed E-state index contributed by atoms with van der Waals surface area (Å²) >= 11 is 0. The van der Waals surface area contributed by atoms with Gasteiger partial charge < -0.3 is 69.9 Å². The van der Waals surface area contributed by atoms with Gasteiger partial charge in [0.05, 0.1) is 60.1 Å². The normalized spacial score (nSPS) is 26.3. The summed E-state index contributed by atoms with van der Waals surface area (Å²) in [6, 6.07) is 10.2. The molecule has 5 heterocycles. The molecule has 8 rings (SSSR count). The second kappa shape index (κ2) is 27.3. The number of nitrogens with one attached hydrogen (secondary N) is 2. The number of Topliss-reactive ketones (excluding diaryl/α,β-unsaturated/α-hetero) is 1. The standard InChI is InChI=1S/C43H58N4O12.C15H16N4O3/c1-21-12-11-13-22(2)42(55)45-33-28(20-44-47-17-15-46(9)16-18-47)37(52)30-31(38(33)53)36(51)26(6)40-32(30)41(54)43(8,59-40)57-19-14-29(56-10)23(3)39(58-27(7)48)25(5)35(50)24(4)34(21)49;1-21-12-2-4-13(5-3-12)22-10-14(16)18-19-15(20)11-6-8-17-9-7-11/h11-14,19-21,23-25,29,34-35,39,49-53H,15-18H2,1-10H3,(H,45,55);2-9H,10H2,1H3,(H2,16,18)(H,19,20)/b12-11+,19-14+,22-13-,44-20+;/t21-,23+,24+,25+,29-,34-,35+,39+,43-;/m0./s1. The van der Waals surface area contributed by atoms with Gasteiger partial charge in [0.1, 0.15) is 41.5 Å². The molecule has 0 radical (unpaired) electrons. The third-order valence-electron chi connectivity index (χ3n) is 14.6. The van der Waals surface area contributed by atoms with Crippen molar-refractivity contribution in [3.8, 4) is 34.5 Å². The molecule has 1 fully saturated rings. The van der Waals surface area contributed by atoms with Crippen molar-refractivity contribution in [2.24, 2.45) is 39.6 Å². The number of anilines is 1. The summed E-state index contributed by atoms with van der Waals surface area (Å²) in [5, 5.41) is 70.6. The molecule has 4 aliphatic heterocycles. The van der Waals surface area contributed by atoms with E-state index in [4.69, 9.17) is 34.2 Å². The zero-order chi connectivity index (χ0) is 59.5. The van der Waals surface area contributed by atoms with E-state index in [2.05, 4.69) is 30.8 Å². The van der Waals surface area contributed by atoms with Gasteiger partial charge in [-0.1, -0.05) is 45.9 Å². The number of aromatic nitrogens is 1. The van der Waals surface area contributed by atoms with Gasteiger partial charge in [-0.3, -0.25) is 29.2 Å². The molecule has 23 nitrogen and oxygen atoms in total. The van der Waals surface area contributed by atoms with Gasteiger partial charge in [-0.05, 0) is 63.4 Å². The number of esters is 1. The van der Waals surface area contributed by atoms with Crippen molar-refractivity contribution in [1.29, 1.82) is 0 Å². The topological polar surface area (TPSA) is 319 Å². The number of hydrogen-bond acceptors (Lipinski definition) is 20. The summed E-state index contributed by atoms with van der Waals surface area (Å²) < 4.78 is 34.1. The number of ether oxygens (including phenoxy) is 6. The number of amides is 2. The van der Waals surface area contributed by atoms with Crippen molar-refractivity contribution < 1.29 is 73.1 Å². The number of fused-ring (bicyclic) bond motifs is 14. The number of hydrogen-bond donors (Lipinski definition) is 8. The molecule has 23 heteroatoms. The number of aromatic hydroxyl groups is 3. The average molecular weight is 1120 g/mol. The van der Waals surface area contributed by atoms with Crippen molar-refractivity contribution in [1.82, 2.24) is 20.3 Å². The van der Waals surface area contributed by atoms with Gasteiger partial charge >= 0.3 is 11.8 Å². The Bertz CT molecular complexity index is 3070. The zero-order valence-corrected chi connectivity index (χ0v) is 47.4. The smallest absolute Gasteiger partial charge is 0.312 e. The van der Waals surface area contributed by atoms with E-state index in [-0.39, 0.29) is 62.8 Å². The van der Waals surface area contributed by atoms with Crippen molar-refractivity contribution in [2.75, 3.05) is 59.4 Å². The number of aliphatic hydroxyl groups excluding tert-OH is 2. The van der Waals surface area contributed by atoms with E-state index in [1.54, 1.807) is 88.4 Å². The van der Waals surface area contributed by atoms with Crippen LogP contribution in [0.2, 0.25) is 0 Å². The number of allylic oxidation sites excluding steroid dienone is 2. The van der Waals surface area contributed by atoms with Crippen LogP contribution in [-0.4, -0.2) is 160 Å². The third-order valence-corrected chi connectivity index (χ3v) is 14.6. The molecule has 81 heavy (non-hydrogen) atoms. The summed E-state index contributed by atoms with van der Waals surface area (Å²) in [4.78, 5) is 58.2. The first-order chi connectivity index (χ1) is 38.4. The highest BCUT2D eigenvalue weighted by atomic mass is 16.7. The number of amidine groups is 1. The number of carbonyl (C=O) groups excluding carboxylic acids is 4. The molecule has 1 saturated heterocycles. The number of piperazine rings is 1. The molecule has 3 aromatic carbocycles. The minimum Gasteiger partial charge on any atom is -0.507 e. The first kappa shape index (κ1) is 62.0. The number of aliphatic hydroxyl groups is 2. The predicted octanol–water partition coefficient (Wildman–Crippen LogP) is 5.51. The maximum Gasteiger partial charge on any atom is 0.312 e. The number of methoxy groups -OCH3 is 2. The first-order valence-corrected chi connectivity index (χ1v) is 26.3. The molecular formula is C58H74N8O15. The van der Waals surface area contributed by atoms with Gasteiger partial charge in [0, 0.05) is 105 Å². The van der Waals surface area contributed by atoms with Crippen LogP contribution in [0.1, 0.15) is 80.3 Å². The van der Waals surface area contributed by atoms with E-state index in [1.807, 2.05) is 7.05 Å². The summed E-state index contributed by atoms with van der Waals surface area (Å²) in [6.45, 7) is 15.1. The van der Waals surface area contributed by atoms with Crippen molar-refractivity contribution in [3.05, 3.63) is 107 Å². The van der Waals surface area contributed by atoms with E-state index in [1.165, 1.54) is 71.8 Å². The Morgan fingerprint density at radius 3 is 2.19 bits per heavy atom. The van der Waals surface area contributed by atoms with Crippen LogP contribution in [-0.2, 0) is 23.8 Å². The highest BCUT2D eigenvalue weighted by Crippen LogP contribution is 2.55. The minimum absolute atomic E-state index is 0.0559. The first-order valence-electron chi connectivity index (χ1n) is 26.3. The van der Waals surface area contributed by atoms with Crippen LogP contribution in [0, 0.1) is 30.6 Å². The maximum atomic E-state index is 14.4. The molecular weight excluding hydrogens is 1050 g/mol. The van der Waals surface area contributed by atoms with Crippen LogP contribution in [0.25, 0.3) is 10.8 Å². The molecule has 9 atom stereocenters. The van der Waals surface area contributed by atoms with E-state index >= 15 is 0 Å². The second-order valence-electron chi connectivity index (χ2n) is 20.4. The van der Waals surface area contributed by atoms with Crippen LogP contribution < -0.4 is 30.7 Å². The number of pyridine rings is 1. The maximum absolute atomic E-state index is 14.4. The summed E-state index contributed by atoms with van der Waals surface area (Å²) in [5.41, 5.74) is 8.12. The fourth-order valence-corrected chi connectivity index (χ4v) is 9.48. The summed E-state index contributed by atoms with van der Waals surface area (Å²) in [7, 11) is 5.01. The summed E-state index contributed by atoms with van der Waals surface area (Å²) in [6.07, 6.45) is 7.91. The van der Waals surface area contributed by atoms with Gasteiger partial charge in [0.2, 0.25) is 0 Å². The molecule has 0 saturated carbocycles. The Hall–Kier alpha value is -8.25. The van der Waals surface area contributed by atoms with Crippen molar-refractivity contribution in [3.63, 3.8) is 0 Å². The molecule has 0 spiro atoms. The van der Waals surface area contributed by atoms with E-state index in [9.17, 15) is 44.7 Å². The molecule has 9 N–H and O–H groups in total. The third kappa shape index (κ3) is 14.6. The number of carbonyl (C=O) groups is 4. The van der Waals surface area contributed by atoms with E-state index in [0.717, 1.165) is 18.8 Å². The van der Waals surface area contributed by atoms with E-state index < -0.39 is 88.8 Å². The van der Waals surface area contributed by atoms with Crippen molar-refractivity contribution in [2.45, 2.75) is 85.6 Å². The van der Waals surface area contributed by atoms with Gasteiger partial charge in [0.15, 0.2) is 11.6 Å². The number of nitrogens with zero attached hydrogens (tertiary/aromatic N) is 5. The number of benzene rings is 3. The van der Waals surface area contributed by atoms with E-state index in [0.29, 0.717) is 24.4 Å². The van der Waals surface area contributed by atoms with Crippen LogP contribution in [0.3, 0.4) is 0 Å². The Kier molecular flexibility index (Phi) is 20.9. The Balaban J connectivity index is 0.000000400. The molecule has 0 aliphatic carbocycles. The lowest BCUT2D eigenvalue weighted by Crippen LogP contribution is -2.46. The number of phenols is 3. The highest BCUT2D eigenvalue weighted by Gasteiger charge is 2.50. The second-order valence-corrected chi connectivity index (χ2v) is 20.4. The fourth-order valence-electron chi connectivity index (χ4n) is 9.48. The number of ketones is 1. The quantitative estimate of drug-likeness (QED) is 0.0242. The number of hydrazone groups is 2. The lowest BCUT2D eigenvalue weighted by Gasteiger charge is -2.38. The highest BCUT2D eigenvalue weighted by molar-refractivity contribution is 6.24. The van der Waals surface area contributed by atoms with Crippen LogP contribution in [0.5, 0.6) is 34.5 Å². The zero-order valence-electron chi connectivity index (χ0n) is 47.4. The SMILES string of the molecule is CO[C@H]1/C=C/O[C@@]2(C)Oc3c(C)c(O)c4c(O)c(c(/C=N/N5CCN(C)CC5)c(O)c4c3C2=O)NC(=O)/C(C)=C\C=C\[C@H](C)[C@H](O)[C@@H](C)[C@@H](O)[C@@H](C)[C@H](OC(C)=O)[C@@H]1C.COc1ccc(OC/C(N)=N\NC(=O)c2ccncc2)cc1. The minimum atomic E-state index is -2.04. The van der Waals surface area contributed by atoms with Gasteiger partial charge in [0.25, 0.3) is 17.6 Å². The molecule has 5 bridgehead atoms. The predicted molar refractivity (Wildman–Crippen MR) is 302 cm³/mol. The number of likely N-dealkylation sites (N-methyl/N-ethyl adjacent to an activating group) is 1. The number of phenolic OH excluding ortho intramolecular Hbond substituents is 3. The van der Waals surface area contributed by atoms with Gasteiger partial charge in [-0.25, -0.2) is 5.43 Å². The largest absolute Gasteiger partial charge is 0.507 e. The van der Waals surface area contributed by atoms with Gasteiger partial charge in [-0.15, -0.1) is 0 Å². The molecule has 1 aromatic heterocycles. The Morgan fingerprint density at radius 2 is 1.56 bits per heavy atom. The Morgan fingerprint density at radius 1 is 0.901 bits per heavy atom. The molecule has 2 amide bonds. The number of nitrogens with two attached hydrogens (primary N) is 1. The lowest BCUT2D eigenvalue weighted by atomic mass is 9.78. The molecule has 0 unspecified atom stereocenters. The number of rotatable bonds is 10.